The molecule has 0 radical (unpaired) electrons. The van der Waals surface area contributed by atoms with Crippen LogP contribution in [-0.4, -0.2) is 64.8 Å². The predicted octanol–water partition coefficient (Wildman–Crippen LogP) is 4.12. The van der Waals surface area contributed by atoms with Gasteiger partial charge in [-0.1, -0.05) is 84.9 Å². The van der Waals surface area contributed by atoms with Gasteiger partial charge in [0.15, 0.2) is 0 Å². The van der Waals surface area contributed by atoms with Crippen LogP contribution in [0.15, 0.2) is 109 Å². The number of aliphatic carboxylic acids is 1. The van der Waals surface area contributed by atoms with E-state index in [9.17, 15) is 47.0 Å². The summed E-state index contributed by atoms with van der Waals surface area (Å²) in [7, 11) is 0. The third kappa shape index (κ3) is 12.8. The largest absolute Gasteiger partial charge is 0.480 e. The van der Waals surface area contributed by atoms with Crippen molar-refractivity contribution in [2.75, 3.05) is 5.32 Å². The molecule has 6 rings (SSSR count). The van der Waals surface area contributed by atoms with Crippen LogP contribution >= 0.6 is 0 Å². The van der Waals surface area contributed by atoms with E-state index in [1.165, 1.54) is 24.3 Å². The van der Waals surface area contributed by atoms with Crippen LogP contribution in [0.25, 0.3) is 0 Å². The van der Waals surface area contributed by atoms with Crippen molar-refractivity contribution in [2.24, 2.45) is 0 Å². The van der Waals surface area contributed by atoms with Gasteiger partial charge in [-0.25, -0.2) is 4.79 Å². The first-order chi connectivity index (χ1) is 27.2. The Hall–Kier alpha value is -6.51. The minimum absolute atomic E-state index is 0.0210. The molecular weight excluding hydrogens is 743 g/mol. The van der Waals surface area contributed by atoms with Gasteiger partial charge in [-0.15, -0.1) is 0 Å². The second-order valence-electron chi connectivity index (χ2n) is 13.7. The number of nitrogens with one attached hydrogen (secondary N) is 5. The fourth-order valence-electron chi connectivity index (χ4n) is 6.25. The van der Waals surface area contributed by atoms with Gasteiger partial charge in [0, 0.05) is 37.8 Å². The Morgan fingerprint density at radius 1 is 0.596 bits per heavy atom. The number of halogens is 3. The molecule has 0 saturated carbocycles. The predicted molar refractivity (Wildman–Crippen MR) is 203 cm³/mol. The van der Waals surface area contributed by atoms with Crippen LogP contribution in [0.5, 0.6) is 0 Å². The molecule has 4 aromatic rings. The lowest BCUT2D eigenvalue weighted by Gasteiger charge is -2.26. The van der Waals surface area contributed by atoms with E-state index in [-0.39, 0.29) is 31.2 Å². The molecule has 2 bridgehead atoms. The van der Waals surface area contributed by atoms with Crippen LogP contribution < -0.4 is 26.6 Å². The van der Waals surface area contributed by atoms with Gasteiger partial charge in [0.2, 0.25) is 29.5 Å². The molecule has 0 saturated heterocycles. The van der Waals surface area contributed by atoms with Crippen molar-refractivity contribution in [1.82, 2.24) is 21.3 Å². The number of alkyl halides is 3. The van der Waals surface area contributed by atoms with Gasteiger partial charge in [0.05, 0.1) is 5.56 Å². The van der Waals surface area contributed by atoms with E-state index in [1.54, 1.807) is 54.6 Å². The van der Waals surface area contributed by atoms with Crippen molar-refractivity contribution >= 4 is 41.2 Å². The topological polar surface area (TPSA) is 183 Å². The summed E-state index contributed by atoms with van der Waals surface area (Å²) in [6, 6.07) is 23.0. The Labute approximate surface area is 326 Å². The molecule has 5 amide bonds. The van der Waals surface area contributed by atoms with Crippen molar-refractivity contribution in [3.8, 4) is 0 Å². The summed E-state index contributed by atoms with van der Waals surface area (Å²) in [5.74, 6) is -4.95. The number of hydrogen-bond acceptors (Lipinski definition) is 6. The lowest BCUT2D eigenvalue weighted by molar-refractivity contribution is -0.142. The number of aryl methyl sites for hydroxylation is 1. The molecule has 4 atom stereocenters. The average molecular weight is 786 g/mol. The summed E-state index contributed by atoms with van der Waals surface area (Å²) in [6.07, 6.45) is -5.39. The number of hydrogen-bond donors (Lipinski definition) is 6. The highest BCUT2D eigenvalue weighted by Crippen LogP contribution is 2.29. The third-order valence-electron chi connectivity index (χ3n) is 9.36. The molecule has 0 aliphatic carbocycles. The van der Waals surface area contributed by atoms with Crippen molar-refractivity contribution < 1.29 is 47.0 Å². The molecule has 57 heavy (non-hydrogen) atoms. The maximum Gasteiger partial charge on any atom is 0.416 e. The fraction of sp³-hybridized carbons (Fsp3) is 0.286. The van der Waals surface area contributed by atoms with Crippen molar-refractivity contribution in [1.29, 1.82) is 0 Å². The molecular formula is C42H42F3N5O7. The molecule has 2 aliphatic heterocycles. The molecule has 15 heteroatoms. The Bertz CT molecular complexity index is 2030. The zero-order valence-corrected chi connectivity index (χ0v) is 30.7. The van der Waals surface area contributed by atoms with Crippen molar-refractivity contribution in [3.05, 3.63) is 137 Å². The van der Waals surface area contributed by atoms with Gasteiger partial charge >= 0.3 is 12.1 Å². The first kappa shape index (κ1) is 41.6. The Morgan fingerprint density at radius 2 is 1.11 bits per heavy atom. The molecule has 0 aromatic heterocycles. The van der Waals surface area contributed by atoms with Gasteiger partial charge < -0.3 is 31.7 Å². The lowest BCUT2D eigenvalue weighted by atomic mass is 10.00. The van der Waals surface area contributed by atoms with Crippen molar-refractivity contribution in [2.45, 2.75) is 75.3 Å². The molecule has 0 spiro atoms. The molecule has 2 aliphatic rings. The highest BCUT2D eigenvalue weighted by atomic mass is 19.4. The second-order valence-corrected chi connectivity index (χ2v) is 13.7. The number of anilines is 1. The van der Waals surface area contributed by atoms with Crippen molar-refractivity contribution in [3.63, 3.8) is 0 Å². The van der Waals surface area contributed by atoms with Crippen LogP contribution in [0.3, 0.4) is 0 Å². The Kier molecular flexibility index (Phi) is 14.2. The first-order valence-corrected chi connectivity index (χ1v) is 18.3. The number of amides is 5. The maximum atomic E-state index is 14.2. The minimum Gasteiger partial charge on any atom is -0.480 e. The Morgan fingerprint density at radius 3 is 1.67 bits per heavy atom. The standard InChI is InChI=1S/C42H42F3N5O7/c43-42(44,45)30-16-11-28(12-17-30)24-34-40(55)50-33(23-27-9-5-2-6-10-27)39(54)46-31-18-13-29(14-19-31)25-35(41(56)57)48-37(52)22-21-36(51)47-32(38(53)49-34)20-15-26-7-3-1-4-8-26/h1-14,16-19,32-35H,15,20-25H2,(H,46,54)(H,47,51)(H,48,52)(H,49,53)(H,50,55)(H,56,57)/t32-,33-,34+,35+/m1/s1. The number of benzene rings is 4. The summed E-state index contributed by atoms with van der Waals surface area (Å²) in [4.78, 5) is 80.1. The average Bonchev–Trinajstić information content (AvgIpc) is 3.18. The number of fused-ring (bicyclic) bond motifs is 18. The van der Waals surface area contributed by atoms with Gasteiger partial charge in [-0.2, -0.15) is 13.2 Å². The number of rotatable bonds is 8. The van der Waals surface area contributed by atoms with Gasteiger partial charge in [-0.3, -0.25) is 24.0 Å². The molecule has 4 aromatic carbocycles. The van der Waals surface area contributed by atoms with E-state index >= 15 is 0 Å². The SMILES string of the molecule is O=C1CCC(=O)N[C@H](CCc2ccccc2)C(=O)N[C@@H](Cc2ccc(C(F)(F)F)cc2)C(=O)N[C@H](Cc2ccccc2)C(=O)Nc2ccc(cc2)C[C@@H](C(=O)O)N1. The zero-order chi connectivity index (χ0) is 41.0. The molecule has 0 unspecified atom stereocenters. The molecule has 298 valence electrons. The highest BCUT2D eigenvalue weighted by Gasteiger charge is 2.33. The van der Waals surface area contributed by atoms with Crippen LogP contribution in [-0.2, 0) is 60.6 Å². The molecule has 0 fully saturated rings. The zero-order valence-electron chi connectivity index (χ0n) is 30.7. The van der Waals surface area contributed by atoms with E-state index in [4.69, 9.17) is 0 Å². The van der Waals surface area contributed by atoms with Gasteiger partial charge in [0.1, 0.15) is 24.2 Å². The number of carbonyl (C=O) groups is 6. The summed E-state index contributed by atoms with van der Waals surface area (Å²) in [6.45, 7) is 0. The third-order valence-corrected chi connectivity index (χ3v) is 9.36. The van der Waals surface area contributed by atoms with E-state index in [2.05, 4.69) is 26.6 Å². The molecule has 12 nitrogen and oxygen atoms in total. The van der Waals surface area contributed by atoms with Crippen LogP contribution in [0.2, 0.25) is 0 Å². The van der Waals surface area contributed by atoms with Gasteiger partial charge in [0.25, 0.3) is 0 Å². The number of carboxylic acids is 1. The fourth-order valence-corrected chi connectivity index (χ4v) is 6.25. The maximum absolute atomic E-state index is 14.2. The molecule has 2 heterocycles. The molecule has 6 N–H and O–H groups in total. The normalized spacial score (nSPS) is 20.2. The first-order valence-electron chi connectivity index (χ1n) is 18.3. The van der Waals surface area contributed by atoms with E-state index in [0.29, 0.717) is 23.2 Å². The number of carbonyl (C=O) groups excluding carboxylic acids is 5. The summed E-state index contributed by atoms with van der Waals surface area (Å²) < 4.78 is 40.1. The van der Waals surface area contributed by atoms with Crippen LogP contribution in [0.1, 0.15) is 47.1 Å². The van der Waals surface area contributed by atoms with E-state index in [0.717, 1.165) is 17.7 Å². The Balaban J connectivity index is 1.49. The van der Waals surface area contributed by atoms with Gasteiger partial charge in [-0.05, 0) is 59.4 Å². The summed E-state index contributed by atoms with van der Waals surface area (Å²) >= 11 is 0. The quantitative estimate of drug-likeness (QED) is 0.145. The number of carboxylic acid groups (broad SMARTS) is 1. The van der Waals surface area contributed by atoms with Crippen LogP contribution in [0, 0.1) is 0 Å². The summed E-state index contributed by atoms with van der Waals surface area (Å²) in [5.41, 5.74) is 1.73. The van der Waals surface area contributed by atoms with Crippen LogP contribution in [0.4, 0.5) is 18.9 Å². The summed E-state index contributed by atoms with van der Waals surface area (Å²) in [5, 5.41) is 23.0. The van der Waals surface area contributed by atoms with E-state index < -0.39 is 84.3 Å². The monoisotopic (exact) mass is 785 g/mol. The highest BCUT2D eigenvalue weighted by molar-refractivity contribution is 5.99. The second kappa shape index (κ2) is 19.4. The van der Waals surface area contributed by atoms with E-state index in [1.807, 2.05) is 18.2 Å². The lowest BCUT2D eigenvalue weighted by Crippen LogP contribution is -2.57. The smallest absolute Gasteiger partial charge is 0.416 e. The minimum atomic E-state index is -4.61.